The van der Waals surface area contributed by atoms with Crippen molar-refractivity contribution in [2.45, 2.75) is 25.3 Å². The van der Waals surface area contributed by atoms with E-state index in [4.69, 9.17) is 0 Å². The van der Waals surface area contributed by atoms with Gasteiger partial charge in [-0.25, -0.2) is 0 Å². The molecule has 0 spiro atoms. The van der Waals surface area contributed by atoms with Crippen LogP contribution in [0.15, 0.2) is 0 Å². The molecule has 0 aromatic rings. The Labute approximate surface area is 75.7 Å². The van der Waals surface area contributed by atoms with Gasteiger partial charge in [0.1, 0.15) is 0 Å². The van der Waals surface area contributed by atoms with Gasteiger partial charge in [0.15, 0.2) is 0 Å². The van der Waals surface area contributed by atoms with Crippen LogP contribution in [-0.4, -0.2) is 50.2 Å². The molecular weight excluding hydrogens is 150 g/mol. The van der Waals surface area contributed by atoms with Gasteiger partial charge >= 0.3 is 0 Å². The van der Waals surface area contributed by atoms with E-state index in [1.54, 1.807) is 0 Å². The molecule has 72 valence electrons. The summed E-state index contributed by atoms with van der Waals surface area (Å²) in [6.07, 6.45) is 4.03. The number of nitrogens with one attached hydrogen (secondary N) is 1. The molecule has 0 bridgehead atoms. The lowest BCUT2D eigenvalue weighted by molar-refractivity contribution is 0.246. The molecule has 0 radical (unpaired) electrons. The van der Waals surface area contributed by atoms with Crippen molar-refractivity contribution in [2.24, 2.45) is 0 Å². The van der Waals surface area contributed by atoms with E-state index >= 15 is 0 Å². The maximum Gasteiger partial charge on any atom is 0.0117 e. The summed E-state index contributed by atoms with van der Waals surface area (Å²) < 4.78 is 0. The lowest BCUT2D eigenvalue weighted by Gasteiger charge is -2.20. The molecule has 1 aliphatic heterocycles. The van der Waals surface area contributed by atoms with E-state index in [2.05, 4.69) is 17.4 Å². The van der Waals surface area contributed by atoms with Crippen LogP contribution >= 0.6 is 0 Å². The third-order valence-electron chi connectivity index (χ3n) is 2.58. The molecule has 0 aromatic heterocycles. The summed E-state index contributed by atoms with van der Waals surface area (Å²) in [4.78, 5) is 2.47. The average molecular weight is 171 g/mol. The second-order valence-electron chi connectivity index (χ2n) is 3.87. The third kappa shape index (κ3) is 3.09. The van der Waals surface area contributed by atoms with Crippen molar-refractivity contribution >= 4 is 0 Å². The van der Waals surface area contributed by atoms with Crippen molar-refractivity contribution < 1.29 is 0 Å². The largest absolute Gasteiger partial charge is 0.303 e. The molecule has 3 nitrogen and oxygen atoms in total. The Hall–Kier alpha value is -0.120. The van der Waals surface area contributed by atoms with Gasteiger partial charge in [-0.2, -0.15) is 0 Å². The van der Waals surface area contributed by atoms with Crippen molar-refractivity contribution in [3.8, 4) is 0 Å². The van der Waals surface area contributed by atoms with Crippen LogP contribution in [0.2, 0.25) is 0 Å². The lowest BCUT2D eigenvalue weighted by Crippen LogP contribution is -2.35. The van der Waals surface area contributed by atoms with E-state index < -0.39 is 0 Å². The summed E-state index contributed by atoms with van der Waals surface area (Å²) in [5, 5.41) is 2.02. The molecule has 1 saturated heterocycles. The van der Waals surface area contributed by atoms with Gasteiger partial charge in [-0.1, -0.05) is 0 Å². The van der Waals surface area contributed by atoms with Gasteiger partial charge in [-0.05, 0) is 32.9 Å². The zero-order valence-corrected chi connectivity index (χ0v) is 8.51. The van der Waals surface area contributed by atoms with Crippen LogP contribution in [-0.2, 0) is 0 Å². The van der Waals surface area contributed by atoms with E-state index in [0.29, 0.717) is 0 Å². The smallest absolute Gasteiger partial charge is 0.0117 e. The fraction of sp³-hybridized carbons (Fsp3) is 1.00. The zero-order chi connectivity index (χ0) is 8.97. The molecule has 12 heavy (non-hydrogen) atoms. The van der Waals surface area contributed by atoms with Gasteiger partial charge < -0.3 is 4.90 Å². The summed E-state index contributed by atoms with van der Waals surface area (Å²) in [6, 6.07) is 0.817. The van der Waals surface area contributed by atoms with Gasteiger partial charge in [0.05, 0.1) is 0 Å². The zero-order valence-electron chi connectivity index (χ0n) is 8.51. The molecule has 1 atom stereocenters. The van der Waals surface area contributed by atoms with E-state index in [1.807, 2.05) is 19.1 Å². The minimum absolute atomic E-state index is 0.817. The minimum atomic E-state index is 0.817. The Morgan fingerprint density at radius 1 is 1.50 bits per heavy atom. The predicted molar refractivity (Wildman–Crippen MR) is 52.0 cm³/mol. The van der Waals surface area contributed by atoms with Crippen LogP contribution in [0.4, 0.5) is 0 Å². The van der Waals surface area contributed by atoms with Gasteiger partial charge in [-0.3, -0.25) is 10.4 Å². The van der Waals surface area contributed by atoms with Crippen LogP contribution in [0.5, 0.6) is 0 Å². The number of hydrazine groups is 1. The Morgan fingerprint density at radius 2 is 2.25 bits per heavy atom. The van der Waals surface area contributed by atoms with Crippen molar-refractivity contribution in [1.29, 1.82) is 0 Å². The van der Waals surface area contributed by atoms with Crippen molar-refractivity contribution in [2.75, 3.05) is 34.2 Å². The number of nitrogens with zero attached hydrogens (tertiary/aromatic N) is 2. The number of rotatable bonds is 4. The highest BCUT2D eigenvalue weighted by molar-refractivity contribution is 4.76. The normalized spacial score (nSPS) is 25.5. The second kappa shape index (κ2) is 4.80. The first-order valence-electron chi connectivity index (χ1n) is 4.81. The Bertz CT molecular complexity index is 125. The molecule has 3 heteroatoms. The van der Waals surface area contributed by atoms with Gasteiger partial charge in [-0.15, -0.1) is 0 Å². The molecule has 1 N–H and O–H groups in total. The first-order chi connectivity index (χ1) is 5.70. The first-order valence-corrected chi connectivity index (χ1v) is 4.81. The molecule has 0 aromatic carbocycles. The molecule has 0 aliphatic carbocycles. The van der Waals surface area contributed by atoms with Crippen LogP contribution in [0.3, 0.4) is 0 Å². The van der Waals surface area contributed by atoms with Crippen LogP contribution in [0.1, 0.15) is 19.3 Å². The summed E-state index contributed by atoms with van der Waals surface area (Å²) in [5.41, 5.74) is 3.30. The molecule has 1 unspecified atom stereocenters. The summed E-state index contributed by atoms with van der Waals surface area (Å²) in [7, 11) is 6.31. The topological polar surface area (TPSA) is 18.5 Å². The Balaban J connectivity index is 2.06. The quantitative estimate of drug-likeness (QED) is 0.623. The molecule has 1 rings (SSSR count). The van der Waals surface area contributed by atoms with E-state index in [0.717, 1.165) is 12.6 Å². The first kappa shape index (κ1) is 9.96. The second-order valence-corrected chi connectivity index (χ2v) is 3.87. The number of hydrogen-bond acceptors (Lipinski definition) is 3. The van der Waals surface area contributed by atoms with Gasteiger partial charge in [0.2, 0.25) is 0 Å². The average Bonchev–Trinajstić information content (AvgIpc) is 2.36. The van der Waals surface area contributed by atoms with Crippen LogP contribution < -0.4 is 5.43 Å². The van der Waals surface area contributed by atoms with Gasteiger partial charge in [0.25, 0.3) is 0 Å². The van der Waals surface area contributed by atoms with Gasteiger partial charge in [0, 0.05) is 26.7 Å². The highest BCUT2D eigenvalue weighted by Gasteiger charge is 2.19. The fourth-order valence-corrected chi connectivity index (χ4v) is 1.80. The van der Waals surface area contributed by atoms with E-state index in [-0.39, 0.29) is 0 Å². The molecule has 0 saturated carbocycles. The van der Waals surface area contributed by atoms with Crippen LogP contribution in [0, 0.1) is 0 Å². The van der Waals surface area contributed by atoms with Crippen molar-refractivity contribution in [3.05, 3.63) is 0 Å². The minimum Gasteiger partial charge on any atom is -0.303 e. The predicted octanol–water partition coefficient (Wildman–Crippen LogP) is 0.537. The molecular formula is C9H21N3. The summed E-state index contributed by atoms with van der Waals surface area (Å²) in [5.74, 6) is 0. The fourth-order valence-electron chi connectivity index (χ4n) is 1.80. The third-order valence-corrected chi connectivity index (χ3v) is 2.58. The maximum atomic E-state index is 3.30. The van der Waals surface area contributed by atoms with Crippen molar-refractivity contribution in [1.82, 2.24) is 15.3 Å². The summed E-state index contributed by atoms with van der Waals surface area (Å²) in [6.45, 7) is 2.38. The lowest BCUT2D eigenvalue weighted by atomic mass is 10.1. The Kier molecular flexibility index (Phi) is 3.98. The van der Waals surface area contributed by atoms with E-state index in [1.165, 1.54) is 25.8 Å². The van der Waals surface area contributed by atoms with Crippen molar-refractivity contribution in [3.63, 3.8) is 0 Å². The maximum absolute atomic E-state index is 3.30. The van der Waals surface area contributed by atoms with Crippen LogP contribution in [0.25, 0.3) is 0 Å². The standard InChI is InChI=1S/C9H21N3/c1-11(2)10-7-6-9-5-4-8-12(9)3/h9-10H,4-8H2,1-3H3. The monoisotopic (exact) mass is 171 g/mol. The number of hydrogen-bond donors (Lipinski definition) is 1. The number of likely N-dealkylation sites (tertiary alicyclic amines) is 1. The molecule has 1 heterocycles. The molecule has 1 fully saturated rings. The SMILES string of the molecule is CN(C)NCCC1CCCN1C. The molecule has 1 aliphatic rings. The highest BCUT2D eigenvalue weighted by Crippen LogP contribution is 2.16. The Morgan fingerprint density at radius 3 is 2.75 bits per heavy atom. The summed E-state index contributed by atoms with van der Waals surface area (Å²) >= 11 is 0. The van der Waals surface area contributed by atoms with E-state index in [9.17, 15) is 0 Å². The highest BCUT2D eigenvalue weighted by atomic mass is 15.5. The molecule has 0 amide bonds.